The van der Waals surface area contributed by atoms with E-state index in [0.717, 1.165) is 21.3 Å². The molecule has 0 bridgehead atoms. The molecule has 27 heteroatoms. The first-order valence-corrected chi connectivity index (χ1v) is 28.3. The molecule has 5 aromatic rings. The first kappa shape index (κ1) is 64.9. The van der Waals surface area contributed by atoms with Crippen molar-refractivity contribution in [2.75, 3.05) is 27.9 Å². The van der Waals surface area contributed by atoms with Gasteiger partial charge in [0, 0.05) is 7.11 Å². The Kier molecular flexibility index (Phi) is 21.2. The number of carbonyl (C=O) groups excluding carboxylic acids is 8. The maximum Gasteiger partial charge on any atom is 0.339 e. The topological polar surface area (TPSA) is 287 Å². The number of ether oxygens (including phenoxy) is 15. The average Bonchev–Trinajstić information content (AvgIpc) is 1.03. The van der Waals surface area contributed by atoms with E-state index in [-0.39, 0.29) is 34.4 Å². The number of methoxy groups -OCH3 is 3. The van der Waals surface area contributed by atoms with Crippen LogP contribution in [0.5, 0.6) is 0 Å². The third-order valence-corrected chi connectivity index (χ3v) is 14.7. The number of esters is 7. The monoisotopic (exact) mass is 1280 g/mol. The number of fused-ring (bicyclic) bond motifs is 1. The maximum atomic E-state index is 14.5. The molecule has 0 saturated carbocycles. The number of alkyl halides is 3. The molecular weight excluding hydrogens is 1220 g/mol. The molecule has 4 heterocycles. The van der Waals surface area contributed by atoms with Crippen LogP contribution >= 0.6 is 34.8 Å². The van der Waals surface area contributed by atoms with Crippen LogP contribution in [-0.2, 0) is 85.4 Å². The van der Waals surface area contributed by atoms with Crippen LogP contribution in [0, 0.1) is 0 Å². The number of hydrogen-bond acceptors (Lipinski definition) is 23. The van der Waals surface area contributed by atoms with Gasteiger partial charge in [-0.1, -0.05) is 126 Å². The molecule has 466 valence electrons. The first-order chi connectivity index (χ1) is 42.2. The molecule has 1 N–H and O–H groups in total. The van der Waals surface area contributed by atoms with Crippen molar-refractivity contribution in [3.63, 3.8) is 0 Å². The van der Waals surface area contributed by atoms with E-state index in [0.29, 0.717) is 0 Å². The lowest BCUT2D eigenvalue weighted by atomic mass is 9.93. The van der Waals surface area contributed by atoms with Gasteiger partial charge in [0.25, 0.3) is 9.70 Å². The van der Waals surface area contributed by atoms with Crippen molar-refractivity contribution in [1.82, 2.24) is 5.32 Å². The van der Waals surface area contributed by atoms with Crippen molar-refractivity contribution in [3.05, 3.63) is 179 Å². The highest BCUT2D eigenvalue weighted by atomic mass is 35.6. The molecule has 0 spiro atoms. The van der Waals surface area contributed by atoms with Crippen molar-refractivity contribution in [3.8, 4) is 0 Å². The fraction of sp³-hybridized carbons (Fsp3) is 0.377. The van der Waals surface area contributed by atoms with Gasteiger partial charge in [-0.3, -0.25) is 4.79 Å². The van der Waals surface area contributed by atoms with Crippen LogP contribution in [0.4, 0.5) is 0 Å². The van der Waals surface area contributed by atoms with Crippen molar-refractivity contribution in [2.24, 2.45) is 0 Å². The van der Waals surface area contributed by atoms with Crippen molar-refractivity contribution >= 4 is 82.5 Å². The van der Waals surface area contributed by atoms with E-state index in [4.69, 9.17) is 106 Å². The summed E-state index contributed by atoms with van der Waals surface area (Å²) in [6.45, 7) is 2.66. The summed E-state index contributed by atoms with van der Waals surface area (Å²) in [5, 5.41) is 2.55. The molecule has 15 atom stereocenters. The van der Waals surface area contributed by atoms with Gasteiger partial charge in [-0.2, -0.15) is 0 Å². The Hall–Kier alpha value is -7.59. The van der Waals surface area contributed by atoms with E-state index in [1.54, 1.807) is 54.6 Å². The van der Waals surface area contributed by atoms with E-state index < -0.39 is 149 Å². The fourth-order valence-corrected chi connectivity index (χ4v) is 10.1. The molecule has 0 aliphatic carbocycles. The second-order valence-corrected chi connectivity index (χ2v) is 22.6. The highest BCUT2D eigenvalue weighted by molar-refractivity contribution is 6.76. The number of halogens is 3. The third-order valence-electron chi connectivity index (χ3n) is 14.2. The fourth-order valence-electron chi connectivity index (χ4n) is 9.96. The van der Waals surface area contributed by atoms with Gasteiger partial charge >= 0.3 is 41.8 Å². The number of hydrogen-bond donors (Lipinski definition) is 1. The zero-order chi connectivity index (χ0) is 62.9. The molecule has 1 amide bonds. The van der Waals surface area contributed by atoms with Gasteiger partial charge in [0.05, 0.1) is 48.6 Å². The summed E-state index contributed by atoms with van der Waals surface area (Å²) < 4.78 is 89.5. The van der Waals surface area contributed by atoms with Crippen molar-refractivity contribution in [1.29, 1.82) is 0 Å². The second kappa shape index (κ2) is 28.7. The van der Waals surface area contributed by atoms with Crippen LogP contribution < -0.4 is 5.32 Å². The summed E-state index contributed by atoms with van der Waals surface area (Å²) >= 11 is 18.9. The molecule has 4 aliphatic rings. The molecule has 24 nitrogen and oxygen atoms in total. The Morgan fingerprint density at radius 2 is 0.807 bits per heavy atom. The number of nitrogens with one attached hydrogen (secondary N) is 1. The average molecular weight is 1280 g/mol. The quantitative estimate of drug-likeness (QED) is 0.0592. The van der Waals surface area contributed by atoms with Crippen LogP contribution in [0.15, 0.2) is 152 Å². The predicted molar refractivity (Wildman–Crippen MR) is 302 cm³/mol. The van der Waals surface area contributed by atoms with E-state index in [9.17, 15) is 38.4 Å². The van der Waals surface area contributed by atoms with Gasteiger partial charge in [-0.05, 0) is 74.5 Å². The highest BCUT2D eigenvalue weighted by Crippen LogP contribution is 2.41. The van der Waals surface area contributed by atoms with Gasteiger partial charge in [0.2, 0.25) is 0 Å². The predicted octanol–water partition coefficient (Wildman–Crippen LogP) is 6.06. The molecule has 4 fully saturated rings. The van der Waals surface area contributed by atoms with E-state index in [2.05, 4.69) is 5.32 Å². The Labute approximate surface area is 517 Å². The molecule has 0 aromatic heterocycles. The van der Waals surface area contributed by atoms with Crippen LogP contribution in [0.25, 0.3) is 0 Å². The SMILES string of the molecule is COC(=O)[C@H]1O[C@@H](O[C@@H]2[C@@H](NC(=O)C(Cl)(Cl)Cl)[C@H](O[C@H]3[C@H](OC(=O)c4ccccc4)[C@@H](OC(=O)c4ccccc4)[C@H](OC)O[C@@H]3C(=O)OC)O[C@@H]3COC(C)(C)O[C@@H]23)[C@H](OC(=O)c2ccccc2)[C@@H](OC(=O)c2ccccc2)[C@@H]1OC(=O)c1ccccc1. The lowest BCUT2D eigenvalue weighted by molar-refractivity contribution is -0.400. The zero-order valence-electron chi connectivity index (χ0n) is 47.3. The summed E-state index contributed by atoms with van der Waals surface area (Å²) in [7, 11) is 3.15. The lowest BCUT2D eigenvalue weighted by Crippen LogP contribution is -2.73. The smallest absolute Gasteiger partial charge is 0.339 e. The minimum atomic E-state index is -2.81. The Bertz CT molecular complexity index is 3250. The molecular formula is C61H58Cl3NO23. The molecule has 9 rings (SSSR count). The number of amides is 1. The van der Waals surface area contributed by atoms with Gasteiger partial charge in [-0.15, -0.1) is 0 Å². The first-order valence-electron chi connectivity index (χ1n) is 27.1. The van der Waals surface area contributed by atoms with Crippen molar-refractivity contribution < 1.29 is 109 Å². The number of benzene rings is 5. The molecule has 4 aliphatic heterocycles. The van der Waals surface area contributed by atoms with Gasteiger partial charge < -0.3 is 76.4 Å². The number of rotatable bonds is 18. The normalized spacial score (nSPS) is 28.2. The Morgan fingerprint density at radius 3 is 1.20 bits per heavy atom. The third kappa shape index (κ3) is 15.3. The lowest BCUT2D eigenvalue weighted by Gasteiger charge is -2.53. The minimum Gasteiger partial charge on any atom is -0.467 e. The molecule has 0 unspecified atom stereocenters. The van der Waals surface area contributed by atoms with Crippen molar-refractivity contribution in [2.45, 2.75) is 115 Å². The van der Waals surface area contributed by atoms with E-state index in [1.807, 2.05) is 0 Å². The molecule has 5 aromatic carbocycles. The summed E-state index contributed by atoms with van der Waals surface area (Å²) in [4.78, 5) is 114. The van der Waals surface area contributed by atoms with Crippen LogP contribution in [0.2, 0.25) is 0 Å². The summed E-state index contributed by atoms with van der Waals surface area (Å²) in [6, 6.07) is 35.7. The Balaban J connectivity index is 1.20. The summed E-state index contributed by atoms with van der Waals surface area (Å²) in [6.07, 6.45) is -26.8. The maximum absolute atomic E-state index is 14.5. The van der Waals surface area contributed by atoms with E-state index >= 15 is 0 Å². The largest absolute Gasteiger partial charge is 0.467 e. The Morgan fingerprint density at radius 1 is 0.455 bits per heavy atom. The summed E-state index contributed by atoms with van der Waals surface area (Å²) in [5.41, 5.74) is -0.147. The molecule has 88 heavy (non-hydrogen) atoms. The van der Waals surface area contributed by atoms with Gasteiger partial charge in [-0.25, -0.2) is 33.6 Å². The highest BCUT2D eigenvalue weighted by Gasteiger charge is 2.62. The number of carbonyl (C=O) groups is 8. The van der Waals surface area contributed by atoms with Crippen LogP contribution in [-0.4, -0.2) is 177 Å². The van der Waals surface area contributed by atoms with Crippen LogP contribution in [0.1, 0.15) is 65.6 Å². The van der Waals surface area contributed by atoms with Gasteiger partial charge in [0.1, 0.15) is 30.5 Å². The second-order valence-electron chi connectivity index (χ2n) is 20.3. The van der Waals surface area contributed by atoms with Gasteiger partial charge in [0.15, 0.2) is 67.4 Å². The standard InChI is InChI=1S/C61H58Cl3NO23/c1-60(2)77-31-37-39(88-60)40(84-58-48(83-53(70)36-29-19-10-20-30-36)43(80-50(67)33-23-13-7-14-24-33)41(45(87-58)54(71)74-3)79-49(66)32-21-11-6-12-22-32)38(65-59(73)61(62,63)64)56(78-37)85-42-44(81-51(68)34-25-15-8-16-26-34)47(57(76-5)86-46(42)55(72)75-4)82-52(69)35-27-17-9-18-28-35/h6-30,37-48,56-58H,31H2,1-5H3,(H,65,73)/t37-,38-,39-,40-,41+,42+,43+,44+,45+,46+,47-,48-,56+,57-,58-/m1/s1. The zero-order valence-corrected chi connectivity index (χ0v) is 49.6. The van der Waals surface area contributed by atoms with Crippen LogP contribution in [0.3, 0.4) is 0 Å². The van der Waals surface area contributed by atoms with E-state index in [1.165, 1.54) is 111 Å². The minimum absolute atomic E-state index is 0.0216. The molecule has 0 radical (unpaired) electrons. The molecule has 4 saturated heterocycles. The summed E-state index contributed by atoms with van der Waals surface area (Å²) in [5.74, 6) is -10.6.